The minimum Gasteiger partial charge on any atom is -0.496 e. The molecular formula is C20H22ClNO4. The van der Waals surface area contributed by atoms with Crippen LogP contribution in [0.15, 0.2) is 36.4 Å². The predicted octanol–water partition coefficient (Wildman–Crippen LogP) is 3.41. The number of para-hydroxylation sites is 1. The van der Waals surface area contributed by atoms with Crippen molar-refractivity contribution in [3.63, 3.8) is 0 Å². The maximum absolute atomic E-state index is 12.2. The second-order valence-corrected chi connectivity index (χ2v) is 6.45. The first-order valence-electron chi connectivity index (χ1n) is 8.64. The summed E-state index contributed by atoms with van der Waals surface area (Å²) in [5.41, 5.74) is 1.86. The molecule has 0 aromatic heterocycles. The van der Waals surface area contributed by atoms with Gasteiger partial charge in [0.1, 0.15) is 5.75 Å². The minimum atomic E-state index is -0.0644. The zero-order chi connectivity index (χ0) is 18.4. The number of nitrogens with one attached hydrogen (secondary N) is 1. The van der Waals surface area contributed by atoms with Gasteiger partial charge in [-0.1, -0.05) is 29.8 Å². The minimum absolute atomic E-state index is 0.0644. The van der Waals surface area contributed by atoms with Crippen LogP contribution in [0.2, 0.25) is 5.02 Å². The molecule has 138 valence electrons. The van der Waals surface area contributed by atoms with Crippen LogP contribution in [0.4, 0.5) is 0 Å². The van der Waals surface area contributed by atoms with Gasteiger partial charge in [0, 0.05) is 13.0 Å². The highest BCUT2D eigenvalue weighted by Crippen LogP contribution is 2.38. The molecule has 1 N–H and O–H groups in total. The summed E-state index contributed by atoms with van der Waals surface area (Å²) in [4.78, 5) is 12.2. The van der Waals surface area contributed by atoms with Crippen LogP contribution < -0.4 is 19.5 Å². The van der Waals surface area contributed by atoms with Gasteiger partial charge in [-0.3, -0.25) is 4.79 Å². The molecule has 0 fully saturated rings. The SMILES string of the molecule is COc1ccccc1CCNC(=O)Cc1cc(Cl)c2c(c1)OCCCO2. The molecular weight excluding hydrogens is 354 g/mol. The number of ether oxygens (including phenoxy) is 3. The lowest BCUT2D eigenvalue weighted by molar-refractivity contribution is -0.120. The molecule has 1 heterocycles. The largest absolute Gasteiger partial charge is 0.496 e. The van der Waals surface area contributed by atoms with Crippen LogP contribution in [0.3, 0.4) is 0 Å². The van der Waals surface area contributed by atoms with Crippen molar-refractivity contribution in [3.05, 3.63) is 52.5 Å². The van der Waals surface area contributed by atoms with Gasteiger partial charge in [-0.05, 0) is 35.7 Å². The van der Waals surface area contributed by atoms with Crippen molar-refractivity contribution in [2.45, 2.75) is 19.3 Å². The molecule has 1 aliphatic heterocycles. The van der Waals surface area contributed by atoms with E-state index in [4.69, 9.17) is 25.8 Å². The van der Waals surface area contributed by atoms with Gasteiger partial charge in [0.25, 0.3) is 0 Å². The fourth-order valence-corrected chi connectivity index (χ4v) is 3.17. The Bertz CT molecular complexity index is 778. The van der Waals surface area contributed by atoms with Crippen molar-refractivity contribution >= 4 is 17.5 Å². The number of amides is 1. The molecule has 0 unspecified atom stereocenters. The maximum atomic E-state index is 12.2. The van der Waals surface area contributed by atoms with E-state index in [9.17, 15) is 4.79 Å². The van der Waals surface area contributed by atoms with Crippen molar-refractivity contribution in [3.8, 4) is 17.2 Å². The molecule has 0 bridgehead atoms. The summed E-state index contributed by atoms with van der Waals surface area (Å²) in [7, 11) is 1.64. The molecule has 0 radical (unpaired) electrons. The van der Waals surface area contributed by atoms with Crippen molar-refractivity contribution in [2.75, 3.05) is 26.9 Å². The fourth-order valence-electron chi connectivity index (χ4n) is 2.88. The summed E-state index contributed by atoms with van der Waals surface area (Å²) in [5.74, 6) is 1.93. The maximum Gasteiger partial charge on any atom is 0.224 e. The molecule has 0 spiro atoms. The van der Waals surface area contributed by atoms with E-state index in [0.29, 0.717) is 42.7 Å². The first kappa shape index (κ1) is 18.4. The van der Waals surface area contributed by atoms with E-state index in [1.165, 1.54) is 0 Å². The van der Waals surface area contributed by atoms with Gasteiger partial charge in [0.15, 0.2) is 11.5 Å². The molecule has 5 nitrogen and oxygen atoms in total. The molecule has 6 heteroatoms. The molecule has 2 aromatic rings. The number of carbonyl (C=O) groups is 1. The van der Waals surface area contributed by atoms with Crippen molar-refractivity contribution < 1.29 is 19.0 Å². The Labute approximate surface area is 158 Å². The van der Waals surface area contributed by atoms with Crippen LogP contribution in [0.1, 0.15) is 17.5 Å². The van der Waals surface area contributed by atoms with E-state index >= 15 is 0 Å². The van der Waals surface area contributed by atoms with Gasteiger partial charge >= 0.3 is 0 Å². The Balaban J connectivity index is 1.56. The Morgan fingerprint density at radius 1 is 1.23 bits per heavy atom. The first-order valence-corrected chi connectivity index (χ1v) is 9.02. The third-order valence-corrected chi connectivity index (χ3v) is 4.42. The monoisotopic (exact) mass is 375 g/mol. The van der Waals surface area contributed by atoms with E-state index in [1.54, 1.807) is 13.2 Å². The van der Waals surface area contributed by atoms with Gasteiger partial charge < -0.3 is 19.5 Å². The first-order chi connectivity index (χ1) is 12.7. The molecule has 0 saturated carbocycles. The average molecular weight is 376 g/mol. The molecule has 0 saturated heterocycles. The third-order valence-electron chi connectivity index (χ3n) is 4.14. The van der Waals surface area contributed by atoms with Gasteiger partial charge in [-0.2, -0.15) is 0 Å². The summed E-state index contributed by atoms with van der Waals surface area (Å²) < 4.78 is 16.6. The van der Waals surface area contributed by atoms with E-state index in [2.05, 4.69) is 5.32 Å². The Kier molecular flexibility index (Phi) is 6.23. The lowest BCUT2D eigenvalue weighted by atomic mass is 10.1. The predicted molar refractivity (Wildman–Crippen MR) is 100 cm³/mol. The number of hydrogen-bond acceptors (Lipinski definition) is 4. The Morgan fingerprint density at radius 3 is 2.88 bits per heavy atom. The quantitative estimate of drug-likeness (QED) is 0.840. The van der Waals surface area contributed by atoms with E-state index in [0.717, 1.165) is 23.3 Å². The van der Waals surface area contributed by atoms with Crippen LogP contribution in [-0.2, 0) is 17.6 Å². The van der Waals surface area contributed by atoms with Crippen LogP contribution in [-0.4, -0.2) is 32.8 Å². The van der Waals surface area contributed by atoms with Gasteiger partial charge in [0.05, 0.1) is 31.8 Å². The molecule has 0 aliphatic carbocycles. The van der Waals surface area contributed by atoms with Crippen LogP contribution in [0.25, 0.3) is 0 Å². The average Bonchev–Trinajstić information content (AvgIpc) is 2.88. The van der Waals surface area contributed by atoms with Gasteiger partial charge in [0.2, 0.25) is 5.91 Å². The lowest BCUT2D eigenvalue weighted by Crippen LogP contribution is -2.27. The van der Waals surface area contributed by atoms with Crippen LogP contribution >= 0.6 is 11.6 Å². The van der Waals surface area contributed by atoms with Crippen LogP contribution in [0, 0.1) is 0 Å². The third kappa shape index (κ3) is 4.61. The Hall–Kier alpha value is -2.40. The number of hydrogen-bond donors (Lipinski definition) is 1. The summed E-state index contributed by atoms with van der Waals surface area (Å²) >= 11 is 6.27. The van der Waals surface area contributed by atoms with Crippen molar-refractivity contribution in [2.24, 2.45) is 0 Å². The number of rotatable bonds is 6. The zero-order valence-electron chi connectivity index (χ0n) is 14.7. The fraction of sp³-hybridized carbons (Fsp3) is 0.350. The molecule has 0 atom stereocenters. The summed E-state index contributed by atoms with van der Waals surface area (Å²) in [6.07, 6.45) is 1.75. The molecule has 26 heavy (non-hydrogen) atoms. The standard InChI is InChI=1S/C20H22ClNO4/c1-24-17-6-3-2-5-15(17)7-8-22-19(23)13-14-11-16(21)20-18(12-14)25-9-4-10-26-20/h2-3,5-6,11-12H,4,7-10,13H2,1H3,(H,22,23). The topological polar surface area (TPSA) is 56.8 Å². The molecule has 1 aliphatic rings. The number of halogens is 1. The zero-order valence-corrected chi connectivity index (χ0v) is 15.5. The van der Waals surface area contributed by atoms with Gasteiger partial charge in [-0.25, -0.2) is 0 Å². The van der Waals surface area contributed by atoms with Crippen LogP contribution in [0.5, 0.6) is 17.2 Å². The number of carbonyl (C=O) groups excluding carboxylic acids is 1. The summed E-state index contributed by atoms with van der Waals surface area (Å²) in [6.45, 7) is 1.70. The normalized spacial score (nSPS) is 13.0. The van der Waals surface area contributed by atoms with E-state index < -0.39 is 0 Å². The van der Waals surface area contributed by atoms with E-state index in [1.807, 2.05) is 30.3 Å². The second kappa shape index (κ2) is 8.81. The number of methoxy groups -OCH3 is 1. The van der Waals surface area contributed by atoms with E-state index in [-0.39, 0.29) is 12.3 Å². The number of benzene rings is 2. The highest BCUT2D eigenvalue weighted by molar-refractivity contribution is 6.32. The Morgan fingerprint density at radius 2 is 2.04 bits per heavy atom. The highest BCUT2D eigenvalue weighted by atomic mass is 35.5. The van der Waals surface area contributed by atoms with Crippen molar-refractivity contribution in [1.82, 2.24) is 5.32 Å². The summed E-state index contributed by atoms with van der Waals surface area (Å²) in [5, 5.41) is 3.41. The van der Waals surface area contributed by atoms with Gasteiger partial charge in [-0.15, -0.1) is 0 Å². The van der Waals surface area contributed by atoms with Crippen molar-refractivity contribution in [1.29, 1.82) is 0 Å². The second-order valence-electron chi connectivity index (χ2n) is 6.04. The summed E-state index contributed by atoms with van der Waals surface area (Å²) in [6, 6.07) is 11.4. The molecule has 3 rings (SSSR count). The number of fused-ring (bicyclic) bond motifs is 1. The molecule has 2 aromatic carbocycles. The lowest BCUT2D eigenvalue weighted by Gasteiger charge is -2.12. The molecule has 1 amide bonds. The smallest absolute Gasteiger partial charge is 0.224 e. The highest BCUT2D eigenvalue weighted by Gasteiger charge is 2.16.